The summed E-state index contributed by atoms with van der Waals surface area (Å²) in [6, 6.07) is 21.5. The Labute approximate surface area is 198 Å². The van der Waals surface area contributed by atoms with Gasteiger partial charge in [-0.15, -0.1) is 0 Å². The van der Waals surface area contributed by atoms with E-state index in [2.05, 4.69) is 5.32 Å². The van der Waals surface area contributed by atoms with Crippen LogP contribution in [0.5, 0.6) is 5.75 Å². The summed E-state index contributed by atoms with van der Waals surface area (Å²) in [5, 5.41) is 4.04. The van der Waals surface area contributed by atoms with E-state index in [0.717, 1.165) is 11.1 Å². The number of hydrogen-bond acceptors (Lipinski definition) is 5. The molecular weight excluding hydrogens is 440 g/mol. The number of benzene rings is 3. The van der Waals surface area contributed by atoms with E-state index in [1.807, 2.05) is 66.7 Å². The number of hydrogen-bond donors (Lipinski definition) is 1. The molecule has 2 atom stereocenters. The fraction of sp³-hybridized carbons (Fsp3) is 0.231. The number of esters is 1. The highest BCUT2D eigenvalue weighted by molar-refractivity contribution is 6.30. The highest BCUT2D eigenvalue weighted by atomic mass is 35.5. The van der Waals surface area contributed by atoms with Gasteiger partial charge in [-0.1, -0.05) is 54.1 Å². The summed E-state index contributed by atoms with van der Waals surface area (Å²) in [6.45, 7) is 0.471. The number of methoxy groups -OCH3 is 2. The Bertz CT molecular complexity index is 1150. The van der Waals surface area contributed by atoms with E-state index >= 15 is 0 Å². The third-order valence-electron chi connectivity index (χ3n) is 5.80. The Balaban J connectivity index is 1.65. The first kappa shape index (κ1) is 22.8. The van der Waals surface area contributed by atoms with Gasteiger partial charge in [0.1, 0.15) is 18.0 Å². The number of fused-ring (bicyclic) bond motifs is 1. The zero-order chi connectivity index (χ0) is 23.4. The number of carbonyl (C=O) groups is 2. The van der Waals surface area contributed by atoms with Gasteiger partial charge in [0.05, 0.1) is 14.2 Å². The Kier molecular flexibility index (Phi) is 6.96. The van der Waals surface area contributed by atoms with Crippen molar-refractivity contribution in [1.29, 1.82) is 0 Å². The lowest BCUT2D eigenvalue weighted by Gasteiger charge is -2.30. The number of ether oxygens (including phenoxy) is 2. The van der Waals surface area contributed by atoms with Crippen molar-refractivity contribution in [1.82, 2.24) is 10.2 Å². The molecule has 0 aromatic heterocycles. The van der Waals surface area contributed by atoms with Crippen molar-refractivity contribution >= 4 is 23.5 Å². The van der Waals surface area contributed by atoms with Gasteiger partial charge in [0.2, 0.25) is 0 Å². The fourth-order valence-electron chi connectivity index (χ4n) is 4.08. The van der Waals surface area contributed by atoms with E-state index in [1.54, 1.807) is 18.1 Å². The van der Waals surface area contributed by atoms with E-state index in [9.17, 15) is 9.59 Å². The second kappa shape index (κ2) is 10.1. The van der Waals surface area contributed by atoms with E-state index in [-0.39, 0.29) is 5.91 Å². The molecule has 170 valence electrons. The molecule has 1 amide bonds. The van der Waals surface area contributed by atoms with Crippen LogP contribution in [0.15, 0.2) is 72.8 Å². The largest absolute Gasteiger partial charge is 0.497 e. The maximum Gasteiger partial charge on any atom is 0.327 e. The van der Waals surface area contributed by atoms with Crippen LogP contribution in [0, 0.1) is 0 Å². The molecule has 33 heavy (non-hydrogen) atoms. The molecule has 3 aromatic carbocycles. The molecule has 0 bridgehead atoms. The topological polar surface area (TPSA) is 67.9 Å². The first-order valence-electron chi connectivity index (χ1n) is 10.6. The van der Waals surface area contributed by atoms with E-state index in [1.165, 1.54) is 7.11 Å². The lowest BCUT2D eigenvalue weighted by molar-refractivity contribution is -0.144. The predicted octanol–water partition coefficient (Wildman–Crippen LogP) is 4.55. The first-order valence-corrected chi connectivity index (χ1v) is 11.0. The molecule has 0 spiro atoms. The summed E-state index contributed by atoms with van der Waals surface area (Å²) in [5.74, 6) is 0.106. The lowest BCUT2D eigenvalue weighted by Crippen LogP contribution is -2.42. The number of nitrogens with one attached hydrogen (secondary N) is 1. The van der Waals surface area contributed by atoms with Crippen molar-refractivity contribution in [2.45, 2.75) is 18.6 Å². The third kappa shape index (κ3) is 4.87. The van der Waals surface area contributed by atoms with Gasteiger partial charge in [-0.25, -0.2) is 4.79 Å². The van der Waals surface area contributed by atoms with Gasteiger partial charge in [-0.3, -0.25) is 10.1 Å². The molecule has 1 aliphatic heterocycles. The van der Waals surface area contributed by atoms with Gasteiger partial charge in [0.25, 0.3) is 5.91 Å². The van der Waals surface area contributed by atoms with Crippen LogP contribution < -0.4 is 10.1 Å². The molecular formula is C26H25ClN2O4. The summed E-state index contributed by atoms with van der Waals surface area (Å²) < 4.78 is 10.4. The molecule has 7 heteroatoms. The first-order chi connectivity index (χ1) is 16.0. The molecule has 1 heterocycles. The van der Waals surface area contributed by atoms with E-state index in [0.29, 0.717) is 34.9 Å². The highest BCUT2D eigenvalue weighted by Gasteiger charge is 2.39. The maximum absolute atomic E-state index is 13.3. The zero-order valence-corrected chi connectivity index (χ0v) is 19.2. The van der Waals surface area contributed by atoms with Gasteiger partial charge in [-0.2, -0.15) is 0 Å². The lowest BCUT2D eigenvalue weighted by atomic mass is 10.0. The fourth-order valence-corrected chi connectivity index (χ4v) is 4.20. The second-order valence-corrected chi connectivity index (χ2v) is 8.20. The summed E-state index contributed by atoms with van der Waals surface area (Å²) in [7, 11) is 2.92. The van der Waals surface area contributed by atoms with Crippen molar-refractivity contribution < 1.29 is 19.1 Å². The minimum atomic E-state index is -0.785. The molecule has 4 rings (SSSR count). The zero-order valence-electron chi connectivity index (χ0n) is 18.5. The Morgan fingerprint density at radius 1 is 1.06 bits per heavy atom. The molecule has 0 saturated heterocycles. The van der Waals surface area contributed by atoms with Crippen molar-refractivity contribution in [3.8, 4) is 5.75 Å². The van der Waals surface area contributed by atoms with Crippen molar-refractivity contribution in [2.75, 3.05) is 20.8 Å². The van der Waals surface area contributed by atoms with Crippen molar-refractivity contribution in [3.63, 3.8) is 0 Å². The van der Waals surface area contributed by atoms with Gasteiger partial charge >= 0.3 is 5.97 Å². The van der Waals surface area contributed by atoms with Gasteiger partial charge < -0.3 is 14.4 Å². The third-order valence-corrected chi connectivity index (χ3v) is 6.05. The van der Waals surface area contributed by atoms with Crippen LogP contribution in [-0.4, -0.2) is 37.5 Å². The van der Waals surface area contributed by atoms with Crippen LogP contribution in [0.1, 0.15) is 39.3 Å². The van der Waals surface area contributed by atoms with Gasteiger partial charge in [0.15, 0.2) is 0 Å². The monoisotopic (exact) mass is 464 g/mol. The molecule has 0 fully saturated rings. The average Bonchev–Trinajstić information content (AvgIpc) is 3.12. The number of halogens is 1. The minimum Gasteiger partial charge on any atom is -0.497 e. The predicted molar refractivity (Wildman–Crippen MR) is 126 cm³/mol. The summed E-state index contributed by atoms with van der Waals surface area (Å²) in [6.07, 6.45) is 0.160. The van der Waals surface area contributed by atoms with Crippen LogP contribution in [0.25, 0.3) is 0 Å². The molecule has 1 aliphatic rings. The minimum absolute atomic E-state index is 0.0775. The van der Waals surface area contributed by atoms with Crippen LogP contribution >= 0.6 is 11.6 Å². The van der Waals surface area contributed by atoms with Crippen LogP contribution in [0.4, 0.5) is 0 Å². The average molecular weight is 465 g/mol. The number of amides is 1. The second-order valence-electron chi connectivity index (χ2n) is 7.76. The molecule has 0 saturated carbocycles. The Morgan fingerprint density at radius 3 is 2.55 bits per heavy atom. The van der Waals surface area contributed by atoms with Crippen LogP contribution in [0.2, 0.25) is 5.02 Å². The molecule has 0 radical (unpaired) electrons. The number of rotatable bonds is 8. The highest BCUT2D eigenvalue weighted by Crippen LogP contribution is 2.34. The summed E-state index contributed by atoms with van der Waals surface area (Å²) in [4.78, 5) is 27.8. The van der Waals surface area contributed by atoms with Crippen molar-refractivity contribution in [3.05, 3.63) is 100 Å². The molecule has 0 aliphatic carbocycles. The number of carbonyl (C=O) groups excluding carboxylic acids is 2. The Hall–Kier alpha value is -3.35. The summed E-state index contributed by atoms with van der Waals surface area (Å²) in [5.41, 5.74) is 3.21. The normalized spacial score (nSPS) is 15.8. The smallest absolute Gasteiger partial charge is 0.327 e. The standard InChI is InChI=1S/C26H25ClN2O4/c1-32-20-7-5-6-18(16-20)23(26(31)33-2)28-24-21-8-3-4-9-22(21)25(30)29(24)15-14-17-10-12-19(27)13-11-17/h3-13,16,23-24,28H,14-15H2,1-2H3/t23-,24+/m0/s1. The molecule has 3 aromatic rings. The van der Waals surface area contributed by atoms with Crippen LogP contribution in [-0.2, 0) is 16.0 Å². The molecule has 6 nitrogen and oxygen atoms in total. The molecule has 0 unspecified atom stereocenters. The van der Waals surface area contributed by atoms with Crippen molar-refractivity contribution in [2.24, 2.45) is 0 Å². The SMILES string of the molecule is COC(=O)[C@@H](N[C@H]1c2ccccc2C(=O)N1CCc1ccc(Cl)cc1)c1cccc(OC)c1. The van der Waals surface area contributed by atoms with Gasteiger partial charge in [0, 0.05) is 22.7 Å². The number of nitrogens with zero attached hydrogens (tertiary/aromatic N) is 1. The molecule has 1 N–H and O–H groups in total. The summed E-state index contributed by atoms with van der Waals surface area (Å²) >= 11 is 6.00. The maximum atomic E-state index is 13.3. The van der Waals surface area contributed by atoms with E-state index < -0.39 is 18.2 Å². The Morgan fingerprint density at radius 2 is 1.82 bits per heavy atom. The van der Waals surface area contributed by atoms with E-state index in [4.69, 9.17) is 21.1 Å². The van der Waals surface area contributed by atoms with Crippen LogP contribution in [0.3, 0.4) is 0 Å². The van der Waals surface area contributed by atoms with Gasteiger partial charge in [-0.05, 0) is 47.9 Å². The quantitative estimate of drug-likeness (QED) is 0.495.